The second kappa shape index (κ2) is 5.13. The SMILES string of the molecule is Cc1cc(F)cc(S(=O)(=O)NCc2nccs2)c1. The van der Waals surface area contributed by atoms with Crippen LogP contribution in [0.5, 0.6) is 0 Å². The Balaban J connectivity index is 2.20. The fourth-order valence-corrected chi connectivity index (χ4v) is 3.19. The third-order valence-corrected chi connectivity index (χ3v) is 4.38. The van der Waals surface area contributed by atoms with Crippen LogP contribution in [0.25, 0.3) is 0 Å². The van der Waals surface area contributed by atoms with Crippen molar-refractivity contribution in [2.45, 2.75) is 18.4 Å². The molecule has 0 saturated carbocycles. The number of benzene rings is 1. The second-order valence-corrected chi connectivity index (χ2v) is 6.46. The van der Waals surface area contributed by atoms with Gasteiger partial charge in [-0.1, -0.05) is 0 Å². The van der Waals surface area contributed by atoms with E-state index in [1.807, 2.05) is 0 Å². The van der Waals surface area contributed by atoms with Gasteiger partial charge in [0.15, 0.2) is 0 Å². The van der Waals surface area contributed by atoms with Gasteiger partial charge in [0.25, 0.3) is 0 Å². The number of sulfonamides is 1. The van der Waals surface area contributed by atoms with Gasteiger partial charge in [0, 0.05) is 11.6 Å². The number of aryl methyl sites for hydroxylation is 1. The maximum absolute atomic E-state index is 13.2. The van der Waals surface area contributed by atoms with Crippen LogP contribution in [0.15, 0.2) is 34.7 Å². The zero-order valence-electron chi connectivity index (χ0n) is 9.55. The van der Waals surface area contributed by atoms with E-state index < -0.39 is 15.8 Å². The number of rotatable bonds is 4. The van der Waals surface area contributed by atoms with Crippen molar-refractivity contribution in [1.29, 1.82) is 0 Å². The predicted molar refractivity (Wildman–Crippen MR) is 67.3 cm³/mol. The van der Waals surface area contributed by atoms with Gasteiger partial charge in [-0.2, -0.15) is 0 Å². The average Bonchev–Trinajstić information content (AvgIpc) is 2.78. The molecular weight excluding hydrogens is 275 g/mol. The molecule has 1 aromatic carbocycles. The number of aromatic nitrogens is 1. The van der Waals surface area contributed by atoms with Gasteiger partial charge in [-0.25, -0.2) is 22.5 Å². The maximum atomic E-state index is 13.2. The Labute approximate surface area is 109 Å². The third kappa shape index (κ3) is 3.12. The van der Waals surface area contributed by atoms with Gasteiger partial charge in [-0.15, -0.1) is 11.3 Å². The van der Waals surface area contributed by atoms with Crippen LogP contribution in [0, 0.1) is 12.7 Å². The van der Waals surface area contributed by atoms with Gasteiger partial charge in [0.2, 0.25) is 10.0 Å². The molecule has 0 radical (unpaired) electrons. The van der Waals surface area contributed by atoms with E-state index in [1.54, 1.807) is 18.5 Å². The van der Waals surface area contributed by atoms with Crippen molar-refractivity contribution >= 4 is 21.4 Å². The molecule has 2 rings (SSSR count). The third-order valence-electron chi connectivity index (χ3n) is 2.22. The van der Waals surface area contributed by atoms with Crippen LogP contribution in [-0.4, -0.2) is 13.4 Å². The molecule has 0 spiro atoms. The molecule has 1 heterocycles. The summed E-state index contributed by atoms with van der Waals surface area (Å²) in [7, 11) is -3.70. The fraction of sp³-hybridized carbons (Fsp3) is 0.182. The molecule has 0 aliphatic carbocycles. The molecule has 1 N–H and O–H groups in total. The van der Waals surface area contributed by atoms with Crippen molar-refractivity contribution in [2.24, 2.45) is 0 Å². The van der Waals surface area contributed by atoms with Crippen molar-refractivity contribution in [2.75, 3.05) is 0 Å². The summed E-state index contributed by atoms with van der Waals surface area (Å²) in [5.74, 6) is -0.565. The molecule has 0 aliphatic heterocycles. The number of nitrogens with one attached hydrogen (secondary N) is 1. The Hall–Kier alpha value is -1.31. The standard InChI is InChI=1S/C11H11FN2O2S2/c1-8-4-9(12)6-10(5-8)18(15,16)14-7-11-13-2-3-17-11/h2-6,14H,7H2,1H3. The highest BCUT2D eigenvalue weighted by Gasteiger charge is 2.15. The van der Waals surface area contributed by atoms with Crippen LogP contribution in [0.1, 0.15) is 10.6 Å². The first-order valence-corrected chi connectivity index (χ1v) is 7.49. The Morgan fingerprint density at radius 2 is 2.17 bits per heavy atom. The molecule has 2 aromatic rings. The summed E-state index contributed by atoms with van der Waals surface area (Å²) in [4.78, 5) is 3.89. The predicted octanol–water partition coefficient (Wildman–Crippen LogP) is 2.07. The van der Waals surface area contributed by atoms with E-state index >= 15 is 0 Å². The molecule has 0 bridgehead atoms. The highest BCUT2D eigenvalue weighted by Crippen LogP contribution is 2.14. The topological polar surface area (TPSA) is 59.1 Å². The summed E-state index contributed by atoms with van der Waals surface area (Å²) in [5.41, 5.74) is 0.560. The van der Waals surface area contributed by atoms with E-state index in [0.29, 0.717) is 10.6 Å². The van der Waals surface area contributed by atoms with Gasteiger partial charge in [-0.05, 0) is 30.7 Å². The van der Waals surface area contributed by atoms with E-state index in [4.69, 9.17) is 0 Å². The summed E-state index contributed by atoms with van der Waals surface area (Å²) < 4.78 is 39.4. The molecule has 1 aromatic heterocycles. The number of nitrogens with zero attached hydrogens (tertiary/aromatic N) is 1. The van der Waals surface area contributed by atoms with Gasteiger partial charge in [0.05, 0.1) is 11.4 Å². The highest BCUT2D eigenvalue weighted by atomic mass is 32.2. The highest BCUT2D eigenvalue weighted by molar-refractivity contribution is 7.89. The molecule has 0 aliphatic rings. The summed E-state index contributed by atoms with van der Waals surface area (Å²) in [6.07, 6.45) is 1.60. The monoisotopic (exact) mass is 286 g/mol. The van der Waals surface area contributed by atoms with E-state index in [9.17, 15) is 12.8 Å². The first-order chi connectivity index (χ1) is 8.47. The van der Waals surface area contributed by atoms with Gasteiger partial charge >= 0.3 is 0 Å². The number of halogens is 1. The first-order valence-electron chi connectivity index (χ1n) is 5.12. The summed E-state index contributed by atoms with van der Waals surface area (Å²) in [5, 5.41) is 2.42. The molecule has 0 atom stereocenters. The van der Waals surface area contributed by atoms with E-state index in [2.05, 4.69) is 9.71 Å². The first kappa shape index (κ1) is 13.1. The van der Waals surface area contributed by atoms with Crippen molar-refractivity contribution in [3.8, 4) is 0 Å². The minimum Gasteiger partial charge on any atom is -0.248 e. The molecule has 0 saturated heterocycles. The molecule has 0 unspecified atom stereocenters. The van der Waals surface area contributed by atoms with Gasteiger partial charge in [-0.3, -0.25) is 0 Å². The quantitative estimate of drug-likeness (QED) is 0.936. The summed E-state index contributed by atoms with van der Waals surface area (Å²) >= 11 is 1.35. The minimum absolute atomic E-state index is 0.0726. The molecule has 0 amide bonds. The lowest BCUT2D eigenvalue weighted by Gasteiger charge is -2.06. The van der Waals surface area contributed by atoms with Crippen LogP contribution >= 0.6 is 11.3 Å². The molecule has 96 valence electrons. The zero-order chi connectivity index (χ0) is 13.2. The van der Waals surface area contributed by atoms with Gasteiger partial charge in [0.1, 0.15) is 10.8 Å². The normalized spacial score (nSPS) is 11.7. The minimum atomic E-state index is -3.70. The Bertz CT molecular complexity index is 619. The number of hydrogen-bond donors (Lipinski definition) is 1. The van der Waals surface area contributed by atoms with Crippen LogP contribution in [0.4, 0.5) is 4.39 Å². The molecule has 7 heteroatoms. The van der Waals surface area contributed by atoms with Crippen LogP contribution in [0.2, 0.25) is 0 Å². The van der Waals surface area contributed by atoms with Crippen molar-refractivity contribution in [3.63, 3.8) is 0 Å². The van der Waals surface area contributed by atoms with E-state index in [1.165, 1.54) is 23.5 Å². The number of hydrogen-bond acceptors (Lipinski definition) is 4. The lowest BCUT2D eigenvalue weighted by Crippen LogP contribution is -2.23. The van der Waals surface area contributed by atoms with E-state index in [0.717, 1.165) is 6.07 Å². The van der Waals surface area contributed by atoms with Crippen LogP contribution in [0.3, 0.4) is 0 Å². The Morgan fingerprint density at radius 1 is 1.39 bits per heavy atom. The molecule has 0 fully saturated rings. The molecule has 18 heavy (non-hydrogen) atoms. The van der Waals surface area contributed by atoms with Gasteiger partial charge < -0.3 is 0 Å². The van der Waals surface area contributed by atoms with Crippen molar-refractivity contribution in [1.82, 2.24) is 9.71 Å². The maximum Gasteiger partial charge on any atom is 0.241 e. The van der Waals surface area contributed by atoms with Crippen molar-refractivity contribution < 1.29 is 12.8 Å². The Kier molecular flexibility index (Phi) is 3.74. The van der Waals surface area contributed by atoms with E-state index in [-0.39, 0.29) is 11.4 Å². The molecular formula is C11H11FN2O2S2. The second-order valence-electron chi connectivity index (χ2n) is 3.71. The Morgan fingerprint density at radius 3 is 2.78 bits per heavy atom. The van der Waals surface area contributed by atoms with Crippen molar-refractivity contribution in [3.05, 3.63) is 46.2 Å². The summed E-state index contributed by atoms with van der Waals surface area (Å²) in [6.45, 7) is 1.75. The summed E-state index contributed by atoms with van der Waals surface area (Å²) in [6, 6.07) is 3.70. The van der Waals surface area contributed by atoms with Crippen LogP contribution in [-0.2, 0) is 16.6 Å². The van der Waals surface area contributed by atoms with Crippen LogP contribution < -0.4 is 4.72 Å². The fourth-order valence-electron chi connectivity index (χ4n) is 1.44. The molecule has 4 nitrogen and oxygen atoms in total. The smallest absolute Gasteiger partial charge is 0.241 e. The lowest BCUT2D eigenvalue weighted by atomic mass is 10.2. The zero-order valence-corrected chi connectivity index (χ0v) is 11.2. The lowest BCUT2D eigenvalue weighted by molar-refractivity contribution is 0.577. The average molecular weight is 286 g/mol. The number of thiazole rings is 1. The largest absolute Gasteiger partial charge is 0.248 e.